The van der Waals surface area contributed by atoms with Gasteiger partial charge >= 0.3 is 6.18 Å². The molecule has 2 aromatic carbocycles. The van der Waals surface area contributed by atoms with Crippen LogP contribution >= 0.6 is 11.6 Å². The lowest BCUT2D eigenvalue weighted by molar-refractivity contribution is -0.139. The van der Waals surface area contributed by atoms with Crippen molar-refractivity contribution in [2.24, 2.45) is 0 Å². The molecular weight excluding hydrogens is 495 g/mol. The van der Waals surface area contributed by atoms with Crippen LogP contribution in [0, 0.1) is 6.92 Å². The molecule has 7 nitrogen and oxygen atoms in total. The quantitative estimate of drug-likeness (QED) is 0.577. The molecule has 1 N–H and O–H groups in total. The maximum Gasteiger partial charge on any atom is 0.416 e. The number of anilines is 1. The predicted molar refractivity (Wildman–Crippen MR) is 124 cm³/mol. The highest BCUT2D eigenvalue weighted by atomic mass is 35.5. The van der Waals surface area contributed by atoms with Crippen LogP contribution in [0.5, 0.6) is 0 Å². The number of halogens is 4. The average molecular weight is 520 g/mol. The van der Waals surface area contributed by atoms with Gasteiger partial charge in [0.05, 0.1) is 22.5 Å². The van der Waals surface area contributed by atoms with E-state index in [0.29, 0.717) is 22.0 Å². The Labute approximate surface area is 201 Å². The molecule has 12 heteroatoms. The second kappa shape index (κ2) is 10.6. The number of sulfonamides is 1. The standard InChI is InChI=1S/C22H25ClF3N3O4S/c1-14-6-5-7-16(10-14)12-28(15(2)21(31)27-3)20(30)13-29(34(4,32)33)19-11-17(22(24,25)26)8-9-18(19)23/h5-11,15H,12-13H2,1-4H3,(H,27,31)/t15-/m1/s1. The molecule has 0 unspecified atom stereocenters. The summed E-state index contributed by atoms with van der Waals surface area (Å²) in [5, 5.41) is 2.15. The summed E-state index contributed by atoms with van der Waals surface area (Å²) in [4.78, 5) is 26.7. The monoisotopic (exact) mass is 519 g/mol. The average Bonchev–Trinajstić information content (AvgIpc) is 2.73. The topological polar surface area (TPSA) is 86.8 Å². The van der Waals surface area contributed by atoms with Gasteiger partial charge in [0.15, 0.2) is 0 Å². The summed E-state index contributed by atoms with van der Waals surface area (Å²) < 4.78 is 65.2. The third-order valence-electron chi connectivity index (χ3n) is 5.07. The van der Waals surface area contributed by atoms with E-state index in [0.717, 1.165) is 22.8 Å². The first-order valence-corrected chi connectivity index (χ1v) is 12.3. The van der Waals surface area contributed by atoms with Crippen molar-refractivity contribution < 1.29 is 31.2 Å². The van der Waals surface area contributed by atoms with Crippen molar-refractivity contribution in [2.75, 3.05) is 24.2 Å². The number of rotatable bonds is 8. The highest BCUT2D eigenvalue weighted by Gasteiger charge is 2.34. The van der Waals surface area contributed by atoms with E-state index >= 15 is 0 Å². The van der Waals surface area contributed by atoms with Crippen LogP contribution in [0.3, 0.4) is 0 Å². The van der Waals surface area contributed by atoms with Crippen LogP contribution in [0.15, 0.2) is 42.5 Å². The molecule has 2 aromatic rings. The molecule has 0 bridgehead atoms. The van der Waals surface area contributed by atoms with Gasteiger partial charge in [-0.3, -0.25) is 13.9 Å². The van der Waals surface area contributed by atoms with Crippen LogP contribution < -0.4 is 9.62 Å². The number of carbonyl (C=O) groups excluding carboxylic acids is 2. The Morgan fingerprint density at radius 1 is 1.15 bits per heavy atom. The molecule has 2 rings (SSSR count). The molecule has 1 atom stereocenters. The number of aryl methyl sites for hydroxylation is 1. The molecule has 186 valence electrons. The van der Waals surface area contributed by atoms with Gasteiger partial charge in [0.1, 0.15) is 12.6 Å². The number of likely N-dealkylation sites (N-methyl/N-ethyl adjacent to an activating group) is 1. The number of alkyl halides is 3. The van der Waals surface area contributed by atoms with Crippen molar-refractivity contribution in [2.45, 2.75) is 32.6 Å². The van der Waals surface area contributed by atoms with E-state index in [1.54, 1.807) is 18.2 Å². The van der Waals surface area contributed by atoms with E-state index < -0.39 is 51.9 Å². The number of nitrogens with zero attached hydrogens (tertiary/aromatic N) is 2. The van der Waals surface area contributed by atoms with Crippen LogP contribution in [0.1, 0.15) is 23.6 Å². The van der Waals surface area contributed by atoms with Crippen LogP contribution in [-0.2, 0) is 32.3 Å². The summed E-state index contributed by atoms with van der Waals surface area (Å²) in [5.74, 6) is -1.29. The minimum Gasteiger partial charge on any atom is -0.357 e. The van der Waals surface area contributed by atoms with E-state index in [4.69, 9.17) is 11.6 Å². The lowest BCUT2D eigenvalue weighted by Crippen LogP contribution is -2.50. The number of carbonyl (C=O) groups is 2. The Balaban J connectivity index is 2.50. The summed E-state index contributed by atoms with van der Waals surface area (Å²) in [6.45, 7) is 2.43. The molecule has 0 saturated carbocycles. The van der Waals surface area contributed by atoms with Crippen LogP contribution in [0.25, 0.3) is 0 Å². The van der Waals surface area contributed by atoms with Crippen molar-refractivity contribution in [3.05, 3.63) is 64.2 Å². The van der Waals surface area contributed by atoms with Gasteiger partial charge in [-0.2, -0.15) is 13.2 Å². The zero-order chi connectivity index (χ0) is 25.8. The third-order valence-corrected chi connectivity index (χ3v) is 6.52. The zero-order valence-electron chi connectivity index (χ0n) is 19.0. The van der Waals surface area contributed by atoms with Crippen LogP contribution in [0.2, 0.25) is 5.02 Å². The van der Waals surface area contributed by atoms with Crippen molar-refractivity contribution in [3.8, 4) is 0 Å². The second-order valence-corrected chi connectivity index (χ2v) is 10.0. The summed E-state index contributed by atoms with van der Waals surface area (Å²) in [7, 11) is -2.84. The van der Waals surface area contributed by atoms with E-state index in [2.05, 4.69) is 5.32 Å². The molecule has 0 saturated heterocycles. The van der Waals surface area contributed by atoms with Gasteiger partial charge in [0, 0.05) is 13.6 Å². The normalized spacial score (nSPS) is 12.7. The van der Waals surface area contributed by atoms with Gasteiger partial charge in [-0.05, 0) is 37.6 Å². The van der Waals surface area contributed by atoms with E-state index in [-0.39, 0.29) is 11.6 Å². The minimum absolute atomic E-state index is 0.0248. The second-order valence-electron chi connectivity index (χ2n) is 7.73. The largest absolute Gasteiger partial charge is 0.416 e. The lowest BCUT2D eigenvalue weighted by Gasteiger charge is -2.31. The molecule has 34 heavy (non-hydrogen) atoms. The molecule has 0 aliphatic heterocycles. The van der Waals surface area contributed by atoms with Crippen molar-refractivity contribution >= 4 is 39.1 Å². The van der Waals surface area contributed by atoms with Gasteiger partial charge in [-0.1, -0.05) is 41.4 Å². The maximum atomic E-state index is 13.3. The molecule has 0 radical (unpaired) electrons. The molecule has 0 spiro atoms. The molecule has 0 aliphatic carbocycles. The number of nitrogens with one attached hydrogen (secondary N) is 1. The fourth-order valence-corrected chi connectivity index (χ4v) is 4.40. The third kappa shape index (κ3) is 6.86. The van der Waals surface area contributed by atoms with Crippen LogP contribution in [0.4, 0.5) is 18.9 Å². The minimum atomic E-state index is -4.75. The SMILES string of the molecule is CNC(=O)[C@@H](C)N(Cc1cccc(C)c1)C(=O)CN(c1cc(C(F)(F)F)ccc1Cl)S(C)(=O)=O. The fraction of sp³-hybridized carbons (Fsp3) is 0.364. The smallest absolute Gasteiger partial charge is 0.357 e. The van der Waals surface area contributed by atoms with E-state index in [9.17, 15) is 31.2 Å². The zero-order valence-corrected chi connectivity index (χ0v) is 20.6. The van der Waals surface area contributed by atoms with Gasteiger partial charge < -0.3 is 10.2 Å². The first-order valence-electron chi connectivity index (χ1n) is 10.1. The van der Waals surface area contributed by atoms with Gasteiger partial charge in [0.2, 0.25) is 21.8 Å². The van der Waals surface area contributed by atoms with Crippen molar-refractivity contribution in [1.29, 1.82) is 0 Å². The Morgan fingerprint density at radius 2 is 1.79 bits per heavy atom. The molecule has 0 aromatic heterocycles. The van der Waals surface area contributed by atoms with E-state index in [1.165, 1.54) is 14.0 Å². The first kappa shape index (κ1) is 27.5. The molecule has 0 fully saturated rings. The molecule has 0 heterocycles. The fourth-order valence-electron chi connectivity index (χ4n) is 3.27. The number of benzene rings is 2. The van der Waals surface area contributed by atoms with Gasteiger partial charge in [-0.25, -0.2) is 8.42 Å². The predicted octanol–water partition coefficient (Wildman–Crippen LogP) is 3.60. The van der Waals surface area contributed by atoms with Gasteiger partial charge in [0.25, 0.3) is 0 Å². The molecule has 0 aliphatic rings. The Kier molecular flexibility index (Phi) is 8.59. The van der Waals surface area contributed by atoms with Gasteiger partial charge in [-0.15, -0.1) is 0 Å². The lowest BCUT2D eigenvalue weighted by atomic mass is 10.1. The highest BCUT2D eigenvalue weighted by molar-refractivity contribution is 7.92. The van der Waals surface area contributed by atoms with Crippen LogP contribution in [-0.4, -0.2) is 51.0 Å². The summed E-state index contributed by atoms with van der Waals surface area (Å²) >= 11 is 6.03. The Morgan fingerprint density at radius 3 is 2.32 bits per heavy atom. The number of amides is 2. The summed E-state index contributed by atoms with van der Waals surface area (Å²) in [6.07, 6.45) is -4.00. The first-order chi connectivity index (χ1) is 15.6. The summed E-state index contributed by atoms with van der Waals surface area (Å²) in [6, 6.07) is 8.37. The Hall–Kier alpha value is -2.79. The summed E-state index contributed by atoms with van der Waals surface area (Å²) in [5.41, 5.74) is -0.0168. The van der Waals surface area contributed by atoms with Crippen molar-refractivity contribution in [1.82, 2.24) is 10.2 Å². The number of hydrogen-bond acceptors (Lipinski definition) is 4. The van der Waals surface area contributed by atoms with Crippen molar-refractivity contribution in [3.63, 3.8) is 0 Å². The molecular formula is C22H25ClF3N3O4S. The maximum absolute atomic E-state index is 13.3. The molecule has 2 amide bonds. The Bertz CT molecular complexity index is 1170. The highest BCUT2D eigenvalue weighted by Crippen LogP contribution is 2.36. The number of hydrogen-bond donors (Lipinski definition) is 1. The van der Waals surface area contributed by atoms with E-state index in [1.807, 2.05) is 13.0 Å².